The Labute approximate surface area is 212 Å². The number of nitrogens with one attached hydrogen (secondary N) is 1. The summed E-state index contributed by atoms with van der Waals surface area (Å²) in [5.74, 6) is -1.72. The van der Waals surface area contributed by atoms with Crippen molar-refractivity contribution in [2.24, 2.45) is 5.73 Å². The first kappa shape index (κ1) is 33.5. The largest absolute Gasteiger partial charge is 0.461 e. The summed E-state index contributed by atoms with van der Waals surface area (Å²) in [6.07, 6.45) is -5.45. The first-order valence-corrected chi connectivity index (χ1v) is 11.6. The van der Waals surface area contributed by atoms with Gasteiger partial charge in [0.05, 0.1) is 26.3 Å². The van der Waals surface area contributed by atoms with Crippen molar-refractivity contribution in [2.45, 2.75) is 60.6 Å². The van der Waals surface area contributed by atoms with Crippen molar-refractivity contribution in [1.82, 2.24) is 24.9 Å². The highest BCUT2D eigenvalue weighted by atomic mass is 19.3. The van der Waals surface area contributed by atoms with E-state index in [9.17, 15) is 31.9 Å². The van der Waals surface area contributed by atoms with E-state index < -0.39 is 24.8 Å². The van der Waals surface area contributed by atoms with Gasteiger partial charge in [0.25, 0.3) is 12.9 Å². The second-order valence-electron chi connectivity index (χ2n) is 6.67. The zero-order chi connectivity index (χ0) is 28.5. The molecule has 11 nitrogen and oxygen atoms in total. The minimum Gasteiger partial charge on any atom is -0.461 e. The molecule has 0 aromatic carbocycles. The highest BCUT2D eigenvalue weighted by Crippen LogP contribution is 2.21. The molecule has 2 rings (SSSR count). The van der Waals surface area contributed by atoms with Crippen LogP contribution < -0.4 is 11.1 Å². The molecule has 2 aromatic rings. The zero-order valence-electron chi connectivity index (χ0n) is 21.5. The number of esters is 2. The van der Waals surface area contributed by atoms with Gasteiger partial charge in [0.1, 0.15) is 11.4 Å². The molecular weight excluding hydrogens is 504 g/mol. The molecule has 210 valence electrons. The quantitative estimate of drug-likeness (QED) is 0.328. The number of rotatable bonds is 11. The monoisotopic (exact) mass is 538 g/mol. The Morgan fingerprint density at radius 2 is 1.30 bits per heavy atom. The number of carbonyl (C=O) groups is 3. The number of carbonyl (C=O) groups excluding carboxylic acids is 3. The molecule has 0 fully saturated rings. The van der Waals surface area contributed by atoms with Crippen molar-refractivity contribution < 1.29 is 41.4 Å². The Bertz CT molecular complexity index is 981. The summed E-state index contributed by atoms with van der Waals surface area (Å²) in [6, 6.07) is 2.02. The minimum absolute atomic E-state index is 0.0542. The molecule has 2 aromatic heterocycles. The molecule has 1 amide bonds. The lowest BCUT2D eigenvalue weighted by Crippen LogP contribution is -2.25. The Balaban J connectivity index is 0.000000665. The Morgan fingerprint density at radius 1 is 0.892 bits per heavy atom. The van der Waals surface area contributed by atoms with E-state index >= 15 is 0 Å². The molecule has 0 aliphatic carbocycles. The van der Waals surface area contributed by atoms with Gasteiger partial charge in [-0.25, -0.2) is 27.2 Å². The fraction of sp³-hybridized carbons (Fsp3) is 0.591. The third-order valence-electron chi connectivity index (χ3n) is 4.08. The van der Waals surface area contributed by atoms with E-state index in [1.807, 2.05) is 13.8 Å². The summed E-state index contributed by atoms with van der Waals surface area (Å²) in [4.78, 5) is 33.4. The number of hydrogen-bond donors (Lipinski definition) is 2. The smallest absolute Gasteiger partial charge is 0.358 e. The third kappa shape index (κ3) is 11.4. The normalized spacial score (nSPS) is 10.3. The van der Waals surface area contributed by atoms with E-state index in [0.29, 0.717) is 0 Å². The van der Waals surface area contributed by atoms with Gasteiger partial charge in [-0.15, -0.1) is 0 Å². The molecule has 15 heteroatoms. The van der Waals surface area contributed by atoms with Crippen LogP contribution in [0.4, 0.5) is 17.6 Å². The molecule has 0 bridgehead atoms. The predicted molar refractivity (Wildman–Crippen MR) is 125 cm³/mol. The van der Waals surface area contributed by atoms with Gasteiger partial charge in [-0.3, -0.25) is 14.2 Å². The topological polar surface area (TPSA) is 143 Å². The lowest BCUT2D eigenvalue weighted by Gasteiger charge is -2.06. The van der Waals surface area contributed by atoms with E-state index in [4.69, 9.17) is 5.73 Å². The van der Waals surface area contributed by atoms with Gasteiger partial charge in [0, 0.05) is 32.1 Å². The van der Waals surface area contributed by atoms with E-state index in [1.165, 1.54) is 6.92 Å². The van der Waals surface area contributed by atoms with Crippen molar-refractivity contribution in [3.8, 4) is 0 Å². The van der Waals surface area contributed by atoms with Crippen molar-refractivity contribution in [1.29, 1.82) is 0 Å². The molecule has 0 saturated carbocycles. The molecule has 0 unspecified atom stereocenters. The van der Waals surface area contributed by atoms with Gasteiger partial charge >= 0.3 is 11.9 Å². The van der Waals surface area contributed by atoms with Crippen LogP contribution in [0.3, 0.4) is 0 Å². The van der Waals surface area contributed by atoms with Crippen LogP contribution in [0.5, 0.6) is 0 Å². The Morgan fingerprint density at radius 3 is 1.62 bits per heavy atom. The number of nitrogens with zero attached hydrogens (tertiary/aromatic N) is 4. The first-order chi connectivity index (χ1) is 17.5. The standard InChI is InChI=1S/C11H15F2N3O3.C9H13F2N3O2.C2H6/c1-3-19-11(18)8-6-9(10(12)13)16(15-8)5-4-14-7(2)17;1-2-16-9(15)6-5-7(8(10)11)14(13-6)4-3-12;1-2/h6,10H,3-5H2,1-2H3,(H,14,17);5,8H,2-4,12H2,1H3;1-2H3. The van der Waals surface area contributed by atoms with Crippen LogP contribution in [0, 0.1) is 0 Å². The molecule has 0 saturated heterocycles. The second kappa shape index (κ2) is 17.9. The summed E-state index contributed by atoms with van der Waals surface area (Å²) in [6.45, 7) is 9.39. The molecule has 0 spiro atoms. The lowest BCUT2D eigenvalue weighted by molar-refractivity contribution is -0.119. The Kier molecular flexibility index (Phi) is 16.2. The van der Waals surface area contributed by atoms with Crippen LogP contribution in [-0.4, -0.2) is 63.7 Å². The fourth-order valence-electron chi connectivity index (χ4n) is 2.64. The summed E-state index contributed by atoms with van der Waals surface area (Å²) in [5.41, 5.74) is 4.26. The minimum atomic E-state index is -2.76. The molecule has 0 aliphatic heterocycles. The van der Waals surface area contributed by atoms with Crippen LogP contribution in [0.15, 0.2) is 12.1 Å². The summed E-state index contributed by atoms with van der Waals surface area (Å²) in [5, 5.41) is 9.94. The van der Waals surface area contributed by atoms with E-state index in [0.717, 1.165) is 21.5 Å². The van der Waals surface area contributed by atoms with Gasteiger partial charge in [0.2, 0.25) is 5.91 Å². The Hall–Kier alpha value is -3.49. The first-order valence-electron chi connectivity index (χ1n) is 11.6. The van der Waals surface area contributed by atoms with Gasteiger partial charge in [0.15, 0.2) is 11.4 Å². The molecular formula is C22H34F4N6O5. The number of amides is 1. The van der Waals surface area contributed by atoms with Crippen LogP contribution in [-0.2, 0) is 27.4 Å². The van der Waals surface area contributed by atoms with Crippen molar-refractivity contribution in [2.75, 3.05) is 26.3 Å². The second-order valence-corrected chi connectivity index (χ2v) is 6.67. The zero-order valence-corrected chi connectivity index (χ0v) is 21.5. The number of alkyl halides is 4. The fourth-order valence-corrected chi connectivity index (χ4v) is 2.64. The number of aromatic nitrogens is 4. The van der Waals surface area contributed by atoms with Gasteiger partial charge in [-0.1, -0.05) is 13.8 Å². The summed E-state index contributed by atoms with van der Waals surface area (Å²) < 4.78 is 62.0. The number of ether oxygens (including phenoxy) is 2. The van der Waals surface area contributed by atoms with E-state index in [2.05, 4.69) is 25.0 Å². The molecule has 3 N–H and O–H groups in total. The molecule has 0 radical (unpaired) electrons. The summed E-state index contributed by atoms with van der Waals surface area (Å²) in [7, 11) is 0. The maximum Gasteiger partial charge on any atom is 0.358 e. The highest BCUT2D eigenvalue weighted by Gasteiger charge is 2.21. The predicted octanol–water partition coefficient (Wildman–Crippen LogP) is 3.12. The lowest BCUT2D eigenvalue weighted by atomic mass is 10.3. The number of nitrogens with two attached hydrogens (primary N) is 1. The molecule has 0 aliphatic rings. The third-order valence-corrected chi connectivity index (χ3v) is 4.08. The van der Waals surface area contributed by atoms with E-state index in [-0.39, 0.29) is 68.1 Å². The SMILES string of the molecule is CC.CCOC(=O)c1cc(C(F)F)n(CCN)n1.CCOC(=O)c1cc(C(F)F)n(CCNC(C)=O)n1. The summed E-state index contributed by atoms with van der Waals surface area (Å²) >= 11 is 0. The number of hydrogen-bond acceptors (Lipinski definition) is 8. The van der Waals surface area contributed by atoms with Gasteiger partial charge in [-0.05, 0) is 13.8 Å². The maximum atomic E-state index is 12.8. The van der Waals surface area contributed by atoms with Crippen LogP contribution in [0.1, 0.15) is 79.8 Å². The molecule has 2 heterocycles. The van der Waals surface area contributed by atoms with Crippen molar-refractivity contribution in [3.05, 3.63) is 34.9 Å². The van der Waals surface area contributed by atoms with Crippen molar-refractivity contribution >= 4 is 17.8 Å². The number of halogens is 4. The van der Waals surface area contributed by atoms with Crippen molar-refractivity contribution in [3.63, 3.8) is 0 Å². The van der Waals surface area contributed by atoms with Gasteiger partial charge in [-0.2, -0.15) is 10.2 Å². The maximum absolute atomic E-state index is 12.8. The van der Waals surface area contributed by atoms with Crippen LogP contribution >= 0.6 is 0 Å². The van der Waals surface area contributed by atoms with Crippen LogP contribution in [0.2, 0.25) is 0 Å². The molecule has 0 atom stereocenters. The highest BCUT2D eigenvalue weighted by molar-refractivity contribution is 5.87. The van der Waals surface area contributed by atoms with Crippen LogP contribution in [0.25, 0.3) is 0 Å². The average molecular weight is 539 g/mol. The molecule has 37 heavy (non-hydrogen) atoms. The van der Waals surface area contributed by atoms with Gasteiger partial charge < -0.3 is 20.5 Å². The van der Waals surface area contributed by atoms with E-state index in [1.54, 1.807) is 13.8 Å². The average Bonchev–Trinajstić information content (AvgIpc) is 3.46.